The molecule has 1 saturated carbocycles. The Morgan fingerprint density at radius 3 is 2.54 bits per heavy atom. The Hall–Kier alpha value is -2.82. The van der Waals surface area contributed by atoms with Crippen molar-refractivity contribution in [1.82, 2.24) is 5.32 Å². The van der Waals surface area contributed by atoms with Crippen LogP contribution in [0.3, 0.4) is 0 Å². The van der Waals surface area contributed by atoms with Crippen LogP contribution in [0.1, 0.15) is 43.5 Å². The van der Waals surface area contributed by atoms with Crippen LogP contribution in [0.15, 0.2) is 54.6 Å². The molecule has 1 fully saturated rings. The molecule has 3 rings (SSSR count). The summed E-state index contributed by atoms with van der Waals surface area (Å²) in [4.78, 5) is 24.5. The highest BCUT2D eigenvalue weighted by molar-refractivity contribution is 5.91. The summed E-state index contributed by atoms with van der Waals surface area (Å²) in [5.41, 5.74) is 0.348. The minimum atomic E-state index is -0.543. The number of nitrogens with one attached hydrogen (secondary N) is 1. The molecule has 5 nitrogen and oxygen atoms in total. The summed E-state index contributed by atoms with van der Waals surface area (Å²) >= 11 is 0. The van der Waals surface area contributed by atoms with Gasteiger partial charge in [0.15, 0.2) is 6.61 Å². The number of carbonyl (C=O) groups excluding carboxylic acids is 2. The molecule has 3 atom stereocenters. The molecule has 148 valence electrons. The number of amides is 1. The Labute approximate surface area is 166 Å². The fourth-order valence-corrected chi connectivity index (χ4v) is 3.56. The van der Waals surface area contributed by atoms with Crippen molar-refractivity contribution in [2.75, 3.05) is 6.61 Å². The smallest absolute Gasteiger partial charge is 0.338 e. The summed E-state index contributed by atoms with van der Waals surface area (Å²) in [5.74, 6) is 1.45. The molecule has 0 aromatic heterocycles. The van der Waals surface area contributed by atoms with Crippen molar-refractivity contribution in [3.05, 3.63) is 60.2 Å². The van der Waals surface area contributed by atoms with Gasteiger partial charge in [-0.25, -0.2) is 4.79 Å². The van der Waals surface area contributed by atoms with Gasteiger partial charge in [-0.15, -0.1) is 0 Å². The van der Waals surface area contributed by atoms with Crippen LogP contribution in [0.25, 0.3) is 0 Å². The fraction of sp³-hybridized carbons (Fsp3) is 0.391. The highest BCUT2D eigenvalue weighted by atomic mass is 16.5. The number of benzene rings is 2. The first-order valence-corrected chi connectivity index (χ1v) is 9.82. The first-order valence-electron chi connectivity index (χ1n) is 9.82. The molecule has 0 spiro atoms. The minimum absolute atomic E-state index is 0.151. The quantitative estimate of drug-likeness (QED) is 0.744. The summed E-state index contributed by atoms with van der Waals surface area (Å²) in [6, 6.07) is 16.2. The van der Waals surface area contributed by atoms with Gasteiger partial charge in [0, 0.05) is 6.04 Å². The second kappa shape index (κ2) is 9.40. The molecule has 1 aliphatic rings. The lowest BCUT2D eigenvalue weighted by Crippen LogP contribution is -2.45. The molecule has 0 heterocycles. The predicted octanol–water partition coefficient (Wildman–Crippen LogP) is 4.58. The number of para-hydroxylation sites is 1. The van der Waals surface area contributed by atoms with Crippen LogP contribution in [0, 0.1) is 11.8 Å². The molecular weight excluding hydrogens is 354 g/mol. The topological polar surface area (TPSA) is 64.6 Å². The summed E-state index contributed by atoms with van der Waals surface area (Å²) in [6.07, 6.45) is 3.29. The molecule has 0 unspecified atom stereocenters. The summed E-state index contributed by atoms with van der Waals surface area (Å²) in [5, 5.41) is 3.01. The van der Waals surface area contributed by atoms with E-state index in [-0.39, 0.29) is 18.6 Å². The third-order valence-corrected chi connectivity index (χ3v) is 5.44. The van der Waals surface area contributed by atoms with Crippen molar-refractivity contribution >= 4 is 11.9 Å². The molecule has 2 aromatic carbocycles. The maximum absolute atomic E-state index is 12.3. The van der Waals surface area contributed by atoms with E-state index in [4.69, 9.17) is 9.47 Å². The van der Waals surface area contributed by atoms with Crippen LogP contribution in [0.5, 0.6) is 11.5 Å². The highest BCUT2D eigenvalue weighted by Gasteiger charge is 2.28. The van der Waals surface area contributed by atoms with E-state index in [2.05, 4.69) is 19.2 Å². The molecule has 1 aliphatic carbocycles. The number of hydrogen-bond donors (Lipinski definition) is 1. The van der Waals surface area contributed by atoms with Gasteiger partial charge in [-0.1, -0.05) is 51.0 Å². The lowest BCUT2D eigenvalue weighted by molar-refractivity contribution is -0.125. The first-order chi connectivity index (χ1) is 13.5. The number of carbonyl (C=O) groups is 2. The fourth-order valence-electron chi connectivity index (χ4n) is 3.56. The van der Waals surface area contributed by atoms with Gasteiger partial charge < -0.3 is 14.8 Å². The van der Waals surface area contributed by atoms with Crippen LogP contribution >= 0.6 is 0 Å². The van der Waals surface area contributed by atoms with Crippen molar-refractivity contribution in [1.29, 1.82) is 0 Å². The van der Waals surface area contributed by atoms with E-state index in [1.807, 2.05) is 30.3 Å². The molecule has 0 bridgehead atoms. The van der Waals surface area contributed by atoms with Gasteiger partial charge in [-0.3, -0.25) is 4.79 Å². The average molecular weight is 381 g/mol. The Kier molecular flexibility index (Phi) is 6.69. The number of hydrogen-bond acceptors (Lipinski definition) is 4. The maximum Gasteiger partial charge on any atom is 0.338 e. The number of ether oxygens (including phenoxy) is 2. The van der Waals surface area contributed by atoms with Crippen LogP contribution in [-0.4, -0.2) is 24.5 Å². The van der Waals surface area contributed by atoms with Gasteiger partial charge in [0.25, 0.3) is 5.91 Å². The monoisotopic (exact) mass is 381 g/mol. The Balaban J connectivity index is 1.52. The Morgan fingerprint density at radius 2 is 1.75 bits per heavy atom. The Bertz CT molecular complexity index is 805. The molecule has 5 heteroatoms. The average Bonchev–Trinajstić information content (AvgIpc) is 2.70. The van der Waals surface area contributed by atoms with Crippen LogP contribution in [0.2, 0.25) is 0 Å². The first kappa shape index (κ1) is 19.9. The summed E-state index contributed by atoms with van der Waals surface area (Å²) in [6.45, 7) is 4.10. The molecule has 2 aromatic rings. The van der Waals surface area contributed by atoms with E-state index in [0.717, 1.165) is 12.8 Å². The molecule has 0 saturated heterocycles. The van der Waals surface area contributed by atoms with Gasteiger partial charge in [0.05, 0.1) is 5.56 Å². The molecule has 28 heavy (non-hydrogen) atoms. The largest absolute Gasteiger partial charge is 0.457 e. The normalized spacial score (nSPS) is 21.6. The van der Waals surface area contributed by atoms with Gasteiger partial charge in [-0.2, -0.15) is 0 Å². The van der Waals surface area contributed by atoms with Crippen molar-refractivity contribution in [2.45, 2.75) is 39.2 Å². The molecule has 0 radical (unpaired) electrons. The van der Waals surface area contributed by atoms with Gasteiger partial charge >= 0.3 is 5.97 Å². The zero-order valence-corrected chi connectivity index (χ0v) is 16.4. The third-order valence-electron chi connectivity index (χ3n) is 5.44. The number of esters is 1. The predicted molar refractivity (Wildman–Crippen MR) is 107 cm³/mol. The highest BCUT2D eigenvalue weighted by Crippen LogP contribution is 2.29. The molecule has 1 amide bonds. The van der Waals surface area contributed by atoms with E-state index in [1.54, 1.807) is 24.3 Å². The van der Waals surface area contributed by atoms with E-state index in [1.165, 1.54) is 6.42 Å². The summed E-state index contributed by atoms with van der Waals surface area (Å²) < 4.78 is 10.9. The zero-order chi connectivity index (χ0) is 19.9. The van der Waals surface area contributed by atoms with Crippen molar-refractivity contribution < 1.29 is 19.1 Å². The zero-order valence-electron chi connectivity index (χ0n) is 16.4. The van der Waals surface area contributed by atoms with Gasteiger partial charge in [0.2, 0.25) is 0 Å². The third kappa shape index (κ3) is 5.35. The van der Waals surface area contributed by atoms with Crippen LogP contribution in [-0.2, 0) is 9.53 Å². The second-order valence-electron chi connectivity index (χ2n) is 7.46. The lowest BCUT2D eigenvalue weighted by atomic mass is 9.78. The van der Waals surface area contributed by atoms with E-state index >= 15 is 0 Å². The van der Waals surface area contributed by atoms with Crippen LogP contribution < -0.4 is 10.1 Å². The van der Waals surface area contributed by atoms with E-state index in [9.17, 15) is 9.59 Å². The minimum Gasteiger partial charge on any atom is -0.457 e. The molecule has 0 aliphatic heterocycles. The van der Waals surface area contributed by atoms with Gasteiger partial charge in [-0.05, 0) is 48.6 Å². The van der Waals surface area contributed by atoms with E-state index < -0.39 is 5.97 Å². The maximum atomic E-state index is 12.3. The number of rotatable bonds is 6. The Morgan fingerprint density at radius 1 is 1.00 bits per heavy atom. The van der Waals surface area contributed by atoms with Crippen molar-refractivity contribution in [2.24, 2.45) is 11.8 Å². The lowest BCUT2D eigenvalue weighted by Gasteiger charge is -2.34. The molecule has 1 N–H and O–H groups in total. The SMILES string of the molecule is C[C@H]1[C@@H](NC(=O)COC(=O)c2cccc(Oc3ccccc3)c2)CCC[C@@H]1C. The van der Waals surface area contributed by atoms with Crippen molar-refractivity contribution in [3.8, 4) is 11.5 Å². The van der Waals surface area contributed by atoms with E-state index in [0.29, 0.717) is 28.9 Å². The van der Waals surface area contributed by atoms with Crippen LogP contribution in [0.4, 0.5) is 0 Å². The summed E-state index contributed by atoms with van der Waals surface area (Å²) in [7, 11) is 0. The van der Waals surface area contributed by atoms with Crippen molar-refractivity contribution in [3.63, 3.8) is 0 Å². The van der Waals surface area contributed by atoms with Gasteiger partial charge in [0.1, 0.15) is 11.5 Å². The molecular formula is C23H27NO4. The second-order valence-corrected chi connectivity index (χ2v) is 7.46. The standard InChI is InChI=1S/C23H27NO4/c1-16-8-6-13-21(17(16)2)24-22(25)15-27-23(26)18-9-7-12-20(14-18)28-19-10-4-3-5-11-19/h3-5,7,9-12,14,16-17,21H,6,8,13,15H2,1-2H3,(H,24,25)/t16-,17+,21-/m0/s1.